The van der Waals surface area contributed by atoms with Crippen molar-refractivity contribution in [2.45, 2.75) is 36.8 Å². The molecule has 1 aliphatic heterocycles. The number of alkyl halides is 3. The molecule has 1 aromatic carbocycles. The first kappa shape index (κ1) is 30.6. The third-order valence-corrected chi connectivity index (χ3v) is 11.4. The second-order valence-corrected chi connectivity index (χ2v) is 14.6. The molecule has 2 atom stereocenters. The van der Waals surface area contributed by atoms with Crippen molar-refractivity contribution in [3.8, 4) is 10.7 Å². The quantitative estimate of drug-likeness (QED) is 0.184. The summed E-state index contributed by atoms with van der Waals surface area (Å²) in [6.07, 6.45) is -2.87. The van der Waals surface area contributed by atoms with Gasteiger partial charge in [0, 0.05) is 36.1 Å². The van der Waals surface area contributed by atoms with Crippen molar-refractivity contribution in [1.29, 1.82) is 0 Å². The number of thiazole rings is 1. The molecule has 2 unspecified atom stereocenters. The summed E-state index contributed by atoms with van der Waals surface area (Å²) < 4.78 is 88.4. The van der Waals surface area contributed by atoms with Gasteiger partial charge in [-0.1, -0.05) is 22.7 Å². The maximum absolute atomic E-state index is 13.5. The number of hydrogen-bond donors (Lipinski definition) is 1. The minimum Gasteiger partial charge on any atom is -0.337 e. The van der Waals surface area contributed by atoms with Gasteiger partial charge in [0.15, 0.2) is 11.1 Å². The van der Waals surface area contributed by atoms with Crippen LogP contribution in [-0.4, -0.2) is 62.6 Å². The Balaban J connectivity index is 1.53. The van der Waals surface area contributed by atoms with Crippen molar-refractivity contribution < 1.29 is 40.0 Å². The second kappa shape index (κ2) is 12.0. The number of sulfonamides is 1. The SMILES string of the molecule is CCn1c(-c2ncc(CN3CCC(CS(=O)O)C3)s2)cc2cccc(N(OC(=O)C(F)(F)F)S(=O)(=O)c3cccs3)c21. The van der Waals surface area contributed by atoms with Crippen LogP contribution in [0.3, 0.4) is 0 Å². The molecule has 0 bridgehead atoms. The normalized spacial score (nSPS) is 17.1. The number of carbonyl (C=O) groups excluding carboxylic acids is 1. The van der Waals surface area contributed by atoms with Crippen LogP contribution >= 0.6 is 22.7 Å². The molecule has 0 saturated carbocycles. The Morgan fingerprint density at radius 1 is 1.29 bits per heavy atom. The van der Waals surface area contributed by atoms with Crippen LogP contribution in [0.15, 0.2) is 52.2 Å². The second-order valence-electron chi connectivity index (χ2n) is 9.54. The summed E-state index contributed by atoms with van der Waals surface area (Å²) in [4.78, 5) is 24.1. The molecule has 17 heteroatoms. The number of halogens is 3. The van der Waals surface area contributed by atoms with Crippen molar-refractivity contribution in [3.05, 3.63) is 52.9 Å². The van der Waals surface area contributed by atoms with Crippen LogP contribution < -0.4 is 4.47 Å². The van der Waals surface area contributed by atoms with Gasteiger partial charge in [-0.15, -0.1) is 22.7 Å². The number of nitrogens with zero attached hydrogens (tertiary/aromatic N) is 4. The largest absolute Gasteiger partial charge is 0.493 e. The lowest BCUT2D eigenvalue weighted by Crippen LogP contribution is -2.38. The van der Waals surface area contributed by atoms with E-state index in [1.165, 1.54) is 41.0 Å². The third-order valence-electron chi connectivity index (χ3n) is 6.68. The van der Waals surface area contributed by atoms with Gasteiger partial charge in [0.1, 0.15) is 14.9 Å². The monoisotopic (exact) mass is 662 g/mol. The van der Waals surface area contributed by atoms with Crippen LogP contribution in [0.1, 0.15) is 18.2 Å². The lowest BCUT2D eigenvalue weighted by molar-refractivity contribution is -0.199. The minimum atomic E-state index is -5.43. The molecule has 0 amide bonds. The lowest BCUT2D eigenvalue weighted by Gasteiger charge is -2.24. The Bertz CT molecular complexity index is 1720. The zero-order chi connectivity index (χ0) is 30.2. The average molecular weight is 663 g/mol. The van der Waals surface area contributed by atoms with E-state index in [1.54, 1.807) is 29.8 Å². The molecule has 42 heavy (non-hydrogen) atoms. The highest BCUT2D eigenvalue weighted by atomic mass is 32.2. The number of likely N-dealkylation sites (tertiary alicyclic amines) is 1. The van der Waals surface area contributed by atoms with Gasteiger partial charge >= 0.3 is 22.2 Å². The Morgan fingerprint density at radius 3 is 2.74 bits per heavy atom. The van der Waals surface area contributed by atoms with E-state index in [9.17, 15) is 35.1 Å². The number of anilines is 1. The Labute approximate surface area is 249 Å². The van der Waals surface area contributed by atoms with E-state index in [2.05, 4.69) is 14.7 Å². The minimum absolute atomic E-state index is 0.0451. The van der Waals surface area contributed by atoms with Gasteiger partial charge in [0.2, 0.25) is 0 Å². The number of aromatic nitrogens is 2. The number of carbonyl (C=O) groups is 1. The number of fused-ring (bicyclic) bond motifs is 1. The third kappa shape index (κ3) is 6.26. The molecule has 226 valence electrons. The van der Waals surface area contributed by atoms with Crippen LogP contribution in [0.5, 0.6) is 0 Å². The number of thiophene rings is 1. The first-order valence-electron chi connectivity index (χ1n) is 12.6. The van der Waals surface area contributed by atoms with Gasteiger partial charge in [0.25, 0.3) is 0 Å². The fourth-order valence-corrected chi connectivity index (χ4v) is 8.86. The van der Waals surface area contributed by atoms with Gasteiger partial charge in [-0.25, -0.2) is 14.0 Å². The summed E-state index contributed by atoms with van der Waals surface area (Å²) in [5, 5.41) is 2.57. The molecule has 1 N–H and O–H groups in total. The van der Waals surface area contributed by atoms with Gasteiger partial charge in [-0.05, 0) is 49.4 Å². The van der Waals surface area contributed by atoms with Crippen molar-refractivity contribution >= 4 is 66.3 Å². The van der Waals surface area contributed by atoms with Crippen molar-refractivity contribution in [2.24, 2.45) is 5.92 Å². The summed E-state index contributed by atoms with van der Waals surface area (Å²) >= 11 is 0.351. The smallest absolute Gasteiger partial charge is 0.337 e. The number of aryl methyl sites for hydroxylation is 1. The van der Waals surface area contributed by atoms with Gasteiger partial charge < -0.3 is 14.0 Å². The molecule has 5 rings (SSSR count). The standard InChI is InChI=1S/C25H25F3N4O6S4/c1-2-31-20(23-29-12-18(40-23)14-30-9-8-16(13-30)15-41(34)35)11-17-5-3-6-19(22(17)31)32(38-24(33)25(26,27)28)42(36,37)21-7-4-10-39-21/h3-7,10-12,16H,2,8-9,13-15H2,1H3,(H,34,35). The summed E-state index contributed by atoms with van der Waals surface area (Å²) in [5.74, 6) is -2.29. The number of para-hydroxylation sites is 1. The molecule has 1 saturated heterocycles. The zero-order valence-electron chi connectivity index (χ0n) is 22.0. The molecule has 1 fully saturated rings. The predicted molar refractivity (Wildman–Crippen MR) is 154 cm³/mol. The Kier molecular flexibility index (Phi) is 8.78. The van der Waals surface area contributed by atoms with Crippen LogP contribution in [0.2, 0.25) is 0 Å². The maximum Gasteiger partial charge on any atom is 0.493 e. The van der Waals surface area contributed by atoms with Crippen LogP contribution in [-0.2, 0) is 43.8 Å². The van der Waals surface area contributed by atoms with Crippen LogP contribution in [0, 0.1) is 5.92 Å². The number of hydrogen-bond acceptors (Lipinski definition) is 9. The summed E-state index contributed by atoms with van der Waals surface area (Å²) in [6.45, 7) is 4.19. The number of benzene rings is 1. The fourth-order valence-electron chi connectivity index (χ4n) is 4.92. The lowest BCUT2D eigenvalue weighted by atomic mass is 10.2. The average Bonchev–Trinajstić information content (AvgIpc) is 3.73. The summed E-state index contributed by atoms with van der Waals surface area (Å²) in [7, 11) is -4.72. The fraction of sp³-hybridized carbons (Fsp3) is 0.360. The van der Waals surface area contributed by atoms with E-state index in [-0.39, 0.29) is 31.6 Å². The highest BCUT2D eigenvalue weighted by molar-refractivity contribution is 7.94. The molecule has 3 aromatic heterocycles. The Hall–Kier alpha value is -2.83. The van der Waals surface area contributed by atoms with E-state index in [0.717, 1.165) is 29.2 Å². The molecular weight excluding hydrogens is 638 g/mol. The van der Waals surface area contributed by atoms with Crippen LogP contribution in [0.25, 0.3) is 21.6 Å². The van der Waals surface area contributed by atoms with Gasteiger partial charge in [-0.3, -0.25) is 4.90 Å². The molecular formula is C25H25F3N4O6S4. The molecule has 10 nitrogen and oxygen atoms in total. The Morgan fingerprint density at radius 2 is 2.07 bits per heavy atom. The van der Waals surface area contributed by atoms with Crippen molar-refractivity contribution in [2.75, 3.05) is 23.3 Å². The predicted octanol–water partition coefficient (Wildman–Crippen LogP) is 5.11. The van der Waals surface area contributed by atoms with Crippen molar-refractivity contribution in [1.82, 2.24) is 14.5 Å². The van der Waals surface area contributed by atoms with Gasteiger partial charge in [-0.2, -0.15) is 21.6 Å². The van der Waals surface area contributed by atoms with Crippen molar-refractivity contribution in [3.63, 3.8) is 0 Å². The topological polar surface area (TPSA) is 122 Å². The maximum atomic E-state index is 13.5. The highest BCUT2D eigenvalue weighted by Gasteiger charge is 2.45. The van der Waals surface area contributed by atoms with E-state index >= 15 is 0 Å². The van der Waals surface area contributed by atoms with E-state index in [0.29, 0.717) is 35.7 Å². The molecule has 1 aliphatic rings. The first-order valence-corrected chi connectivity index (χ1v) is 17.0. The highest BCUT2D eigenvalue weighted by Crippen LogP contribution is 2.39. The van der Waals surface area contributed by atoms with E-state index < -0.39 is 33.2 Å². The number of rotatable bonds is 10. The van der Waals surface area contributed by atoms with E-state index in [4.69, 9.17) is 0 Å². The molecule has 0 radical (unpaired) electrons. The molecule has 0 aliphatic carbocycles. The molecule has 4 aromatic rings. The van der Waals surface area contributed by atoms with E-state index in [1.807, 2.05) is 0 Å². The van der Waals surface area contributed by atoms with Gasteiger partial charge in [0.05, 0.1) is 17.0 Å². The molecule has 0 spiro atoms. The summed E-state index contributed by atoms with van der Waals surface area (Å²) in [5.41, 5.74) is 0.607. The molecule has 4 heterocycles. The first-order chi connectivity index (χ1) is 19.9. The van der Waals surface area contributed by atoms with Crippen LogP contribution in [0.4, 0.5) is 18.9 Å². The zero-order valence-corrected chi connectivity index (χ0v) is 25.2. The summed E-state index contributed by atoms with van der Waals surface area (Å²) in [6, 6.07) is 8.82.